The van der Waals surface area contributed by atoms with Crippen molar-refractivity contribution in [1.29, 1.82) is 0 Å². The van der Waals surface area contributed by atoms with Crippen molar-refractivity contribution in [3.63, 3.8) is 0 Å². The van der Waals surface area contributed by atoms with Gasteiger partial charge < -0.3 is 10.5 Å². The van der Waals surface area contributed by atoms with Gasteiger partial charge in [-0.3, -0.25) is 0 Å². The highest BCUT2D eigenvalue weighted by molar-refractivity contribution is 5.88. The van der Waals surface area contributed by atoms with Gasteiger partial charge >= 0.3 is 0 Å². The third kappa shape index (κ3) is 3.45. The van der Waals surface area contributed by atoms with Gasteiger partial charge in [-0.25, -0.2) is 0 Å². The molecular weight excluding hydrogens is 284 g/mol. The molecule has 0 bridgehead atoms. The summed E-state index contributed by atoms with van der Waals surface area (Å²) in [6, 6.07) is 21.3. The van der Waals surface area contributed by atoms with Gasteiger partial charge in [0.05, 0.1) is 5.71 Å². The van der Waals surface area contributed by atoms with Gasteiger partial charge in [-0.1, -0.05) is 79.2 Å². The maximum atomic E-state index is 9.58. The first kappa shape index (κ1) is 15.8. The Morgan fingerprint density at radius 3 is 2.17 bits per heavy atom. The Morgan fingerprint density at radius 2 is 1.61 bits per heavy atom. The van der Waals surface area contributed by atoms with Crippen LogP contribution in [-0.4, -0.2) is 10.9 Å². The number of benzene rings is 2. The SMILES string of the molecule is CCC[C@H]1/C(=N/O)C[C@H](c2ccccc2)N[C@@H]1c1ccccc1. The lowest BCUT2D eigenvalue weighted by Gasteiger charge is -2.38. The molecule has 0 aliphatic carbocycles. The van der Waals surface area contributed by atoms with E-state index in [0.29, 0.717) is 0 Å². The Kier molecular flexibility index (Phi) is 5.09. The first-order valence-corrected chi connectivity index (χ1v) is 8.40. The summed E-state index contributed by atoms with van der Waals surface area (Å²) in [5, 5.41) is 17.0. The van der Waals surface area contributed by atoms with E-state index in [1.165, 1.54) is 11.1 Å². The van der Waals surface area contributed by atoms with E-state index in [-0.39, 0.29) is 18.0 Å². The fraction of sp³-hybridized carbons (Fsp3) is 0.350. The standard InChI is InChI=1S/C20H24N2O/c1-2-9-17-19(22-23)14-18(15-10-5-3-6-11-15)21-20(17)16-12-7-4-8-13-16/h3-8,10-13,17-18,20-21,23H,2,9,14H2,1H3/b22-19+/t17-,18+,20+/m0/s1. The van der Waals surface area contributed by atoms with Gasteiger partial charge in [-0.2, -0.15) is 0 Å². The Bertz CT molecular complexity index is 639. The second kappa shape index (κ2) is 7.42. The first-order valence-electron chi connectivity index (χ1n) is 8.40. The number of nitrogens with zero attached hydrogens (tertiary/aromatic N) is 1. The maximum absolute atomic E-state index is 9.58. The molecule has 1 fully saturated rings. The Morgan fingerprint density at radius 1 is 1.00 bits per heavy atom. The van der Waals surface area contributed by atoms with E-state index < -0.39 is 0 Å². The van der Waals surface area contributed by atoms with Gasteiger partial charge in [0.2, 0.25) is 0 Å². The molecule has 1 aliphatic rings. The summed E-state index contributed by atoms with van der Waals surface area (Å²) >= 11 is 0. The lowest BCUT2D eigenvalue weighted by atomic mass is 9.78. The molecule has 3 nitrogen and oxygen atoms in total. The summed E-state index contributed by atoms with van der Waals surface area (Å²) in [4.78, 5) is 0. The monoisotopic (exact) mass is 308 g/mol. The van der Waals surface area contributed by atoms with Crippen LogP contribution in [-0.2, 0) is 0 Å². The van der Waals surface area contributed by atoms with Crippen molar-refractivity contribution in [3.8, 4) is 0 Å². The highest BCUT2D eigenvalue weighted by Gasteiger charge is 2.35. The predicted octanol–water partition coefficient (Wildman–Crippen LogP) is 4.71. The zero-order valence-corrected chi connectivity index (χ0v) is 13.5. The Hall–Kier alpha value is -2.13. The van der Waals surface area contributed by atoms with Gasteiger partial charge in [0, 0.05) is 24.4 Å². The molecule has 1 aliphatic heterocycles. The summed E-state index contributed by atoms with van der Waals surface area (Å²) in [5.74, 6) is 0.243. The number of rotatable bonds is 4. The number of hydrogen-bond acceptors (Lipinski definition) is 3. The average Bonchev–Trinajstić information content (AvgIpc) is 2.63. The minimum Gasteiger partial charge on any atom is -0.411 e. The molecule has 0 unspecified atom stereocenters. The predicted molar refractivity (Wildman–Crippen MR) is 93.7 cm³/mol. The van der Waals surface area contributed by atoms with Crippen LogP contribution in [0.4, 0.5) is 0 Å². The Labute approximate surface area is 138 Å². The van der Waals surface area contributed by atoms with Gasteiger partial charge in [0.15, 0.2) is 0 Å². The molecule has 0 radical (unpaired) electrons. The molecule has 2 aromatic carbocycles. The first-order chi connectivity index (χ1) is 11.3. The van der Waals surface area contributed by atoms with Crippen LogP contribution in [0.1, 0.15) is 49.4 Å². The lowest BCUT2D eigenvalue weighted by Crippen LogP contribution is -2.42. The fourth-order valence-corrected chi connectivity index (χ4v) is 3.59. The van der Waals surface area contributed by atoms with Gasteiger partial charge in [-0.05, 0) is 17.5 Å². The molecule has 3 rings (SSSR count). The van der Waals surface area contributed by atoms with Crippen LogP contribution in [0.5, 0.6) is 0 Å². The van der Waals surface area contributed by atoms with E-state index in [4.69, 9.17) is 0 Å². The van der Waals surface area contributed by atoms with Crippen LogP contribution in [0, 0.1) is 5.92 Å². The van der Waals surface area contributed by atoms with Crippen molar-refractivity contribution < 1.29 is 5.21 Å². The molecule has 3 heteroatoms. The third-order valence-corrected chi connectivity index (χ3v) is 4.71. The topological polar surface area (TPSA) is 44.6 Å². The van der Waals surface area contributed by atoms with Crippen molar-refractivity contribution in [3.05, 3.63) is 71.8 Å². The van der Waals surface area contributed by atoms with E-state index in [2.05, 4.69) is 65.9 Å². The Balaban J connectivity index is 1.95. The van der Waals surface area contributed by atoms with Crippen molar-refractivity contribution in [2.75, 3.05) is 0 Å². The number of hydrogen-bond donors (Lipinski definition) is 2. The molecule has 0 amide bonds. The highest BCUT2D eigenvalue weighted by atomic mass is 16.4. The third-order valence-electron chi connectivity index (χ3n) is 4.71. The molecule has 0 saturated carbocycles. The smallest absolute Gasteiger partial charge is 0.0639 e. The normalized spacial score (nSPS) is 26.3. The largest absolute Gasteiger partial charge is 0.411 e. The molecular formula is C20H24N2O. The van der Waals surface area contributed by atoms with Crippen LogP contribution < -0.4 is 5.32 Å². The quantitative estimate of drug-likeness (QED) is 0.634. The zero-order chi connectivity index (χ0) is 16.1. The van der Waals surface area contributed by atoms with Crippen LogP contribution in [0.15, 0.2) is 65.8 Å². The number of oxime groups is 1. The van der Waals surface area contributed by atoms with Crippen LogP contribution in [0.25, 0.3) is 0 Å². The molecule has 1 heterocycles. The summed E-state index contributed by atoms with van der Waals surface area (Å²) < 4.78 is 0. The van der Waals surface area contributed by atoms with Crippen LogP contribution in [0.3, 0.4) is 0 Å². The van der Waals surface area contributed by atoms with Crippen molar-refractivity contribution in [2.24, 2.45) is 11.1 Å². The van der Waals surface area contributed by atoms with Crippen molar-refractivity contribution >= 4 is 5.71 Å². The maximum Gasteiger partial charge on any atom is 0.0639 e. The van der Waals surface area contributed by atoms with Gasteiger partial charge in [0.25, 0.3) is 0 Å². The van der Waals surface area contributed by atoms with E-state index in [9.17, 15) is 5.21 Å². The summed E-state index contributed by atoms with van der Waals surface area (Å²) in [6.45, 7) is 2.18. The van der Waals surface area contributed by atoms with E-state index in [1.54, 1.807) is 0 Å². The lowest BCUT2D eigenvalue weighted by molar-refractivity contribution is 0.284. The minimum absolute atomic E-state index is 0.181. The molecule has 0 aromatic heterocycles. The van der Waals surface area contributed by atoms with Crippen molar-refractivity contribution in [2.45, 2.75) is 38.3 Å². The fourth-order valence-electron chi connectivity index (χ4n) is 3.59. The van der Waals surface area contributed by atoms with Gasteiger partial charge in [0.1, 0.15) is 0 Å². The second-order valence-corrected chi connectivity index (χ2v) is 6.21. The molecule has 1 saturated heterocycles. The zero-order valence-electron chi connectivity index (χ0n) is 13.5. The molecule has 0 spiro atoms. The average molecular weight is 308 g/mol. The van der Waals surface area contributed by atoms with Crippen molar-refractivity contribution in [1.82, 2.24) is 5.32 Å². The number of nitrogens with one attached hydrogen (secondary N) is 1. The minimum atomic E-state index is 0.181. The van der Waals surface area contributed by atoms with E-state index in [1.807, 2.05) is 12.1 Å². The number of piperidine rings is 1. The molecule has 2 aromatic rings. The second-order valence-electron chi connectivity index (χ2n) is 6.21. The summed E-state index contributed by atoms with van der Waals surface area (Å²) in [5.41, 5.74) is 3.41. The van der Waals surface area contributed by atoms with E-state index >= 15 is 0 Å². The summed E-state index contributed by atoms with van der Waals surface area (Å²) in [7, 11) is 0. The molecule has 120 valence electrons. The van der Waals surface area contributed by atoms with Gasteiger partial charge in [-0.15, -0.1) is 0 Å². The van der Waals surface area contributed by atoms with Crippen LogP contribution in [0.2, 0.25) is 0 Å². The summed E-state index contributed by atoms with van der Waals surface area (Å²) in [6.07, 6.45) is 2.85. The highest BCUT2D eigenvalue weighted by Crippen LogP contribution is 2.37. The van der Waals surface area contributed by atoms with Crippen LogP contribution >= 0.6 is 0 Å². The molecule has 23 heavy (non-hydrogen) atoms. The van der Waals surface area contributed by atoms with E-state index in [0.717, 1.165) is 25.0 Å². The molecule has 3 atom stereocenters. The molecule has 2 N–H and O–H groups in total.